The number of hydrogen-bond acceptors (Lipinski definition) is 1. The topological polar surface area (TPSA) is 12.4 Å². The largest absolute Gasteiger partial charge is 0.432 e. The summed E-state index contributed by atoms with van der Waals surface area (Å²) in [7, 11) is 0. The van der Waals surface area contributed by atoms with Gasteiger partial charge in [0.05, 0.1) is 0 Å². The van der Waals surface area contributed by atoms with Gasteiger partial charge >= 0.3 is 6.18 Å². The van der Waals surface area contributed by atoms with Crippen LogP contribution in [0.3, 0.4) is 0 Å². The highest BCUT2D eigenvalue weighted by Crippen LogP contribution is 2.24. The molecule has 1 nitrogen and oxygen atoms in total. The van der Waals surface area contributed by atoms with Gasteiger partial charge in [0, 0.05) is 6.21 Å². The van der Waals surface area contributed by atoms with Crippen LogP contribution >= 0.6 is 0 Å². The first-order valence-electron chi connectivity index (χ1n) is 3.27. The summed E-state index contributed by atoms with van der Waals surface area (Å²) in [6.07, 6.45) is -1.85. The van der Waals surface area contributed by atoms with Crippen LogP contribution in [0.1, 0.15) is 13.8 Å². The Bertz CT molecular complexity index is 219. The van der Waals surface area contributed by atoms with Gasteiger partial charge in [0.15, 0.2) is 0 Å². The Hall–Kier alpha value is -1.06. The molecule has 0 aliphatic heterocycles. The van der Waals surface area contributed by atoms with Crippen molar-refractivity contribution in [2.75, 3.05) is 0 Å². The van der Waals surface area contributed by atoms with Crippen molar-refractivity contribution in [1.82, 2.24) is 0 Å². The van der Waals surface area contributed by atoms with E-state index in [1.54, 1.807) is 13.8 Å². The molecule has 0 rings (SSSR count). The molecule has 0 aliphatic carbocycles. The molecule has 0 unspecified atom stereocenters. The van der Waals surface area contributed by atoms with E-state index in [-0.39, 0.29) is 0 Å². The first-order valence-corrected chi connectivity index (χ1v) is 3.27. The molecule has 0 saturated heterocycles. The van der Waals surface area contributed by atoms with Crippen LogP contribution in [0.15, 0.2) is 28.9 Å². The predicted molar refractivity (Wildman–Crippen MR) is 43.1 cm³/mol. The smallest absolute Gasteiger partial charge is 0.252 e. The molecule has 0 fully saturated rings. The maximum atomic E-state index is 11.7. The fourth-order valence-electron chi connectivity index (χ4n) is 0.350. The van der Waals surface area contributed by atoms with Gasteiger partial charge in [0.2, 0.25) is 0 Å². The second-order valence-corrected chi connectivity index (χ2v) is 2.47. The van der Waals surface area contributed by atoms with Crippen molar-refractivity contribution < 1.29 is 13.2 Å². The molecule has 0 radical (unpaired) electrons. The molecule has 0 saturated carbocycles. The maximum Gasteiger partial charge on any atom is 0.432 e. The summed E-state index contributed by atoms with van der Waals surface area (Å²) in [6.45, 7) is 6.30. The van der Waals surface area contributed by atoms with E-state index in [1.165, 1.54) is 6.08 Å². The van der Waals surface area contributed by atoms with Gasteiger partial charge in [-0.25, -0.2) is 0 Å². The second kappa shape index (κ2) is 4.09. The molecule has 0 aliphatic rings. The van der Waals surface area contributed by atoms with Crippen LogP contribution in [0.5, 0.6) is 0 Å². The fraction of sp³-hybridized carbons (Fsp3) is 0.375. The van der Waals surface area contributed by atoms with Gasteiger partial charge in [-0.05, 0) is 19.9 Å². The van der Waals surface area contributed by atoms with E-state index >= 15 is 0 Å². The zero-order chi connectivity index (χ0) is 9.78. The Morgan fingerprint density at radius 2 is 1.83 bits per heavy atom. The molecule has 0 aromatic heterocycles. The number of nitrogens with zero attached hydrogens (tertiary/aromatic N) is 1. The molecule has 4 heteroatoms. The zero-order valence-corrected chi connectivity index (χ0v) is 6.94. The Kier molecular flexibility index (Phi) is 3.73. The average Bonchev–Trinajstić information content (AvgIpc) is 1.84. The zero-order valence-electron chi connectivity index (χ0n) is 6.94. The molecular formula is C8H10F3N. The number of alkyl halides is 3. The van der Waals surface area contributed by atoms with Gasteiger partial charge in [0.25, 0.3) is 0 Å². The molecule has 0 amide bonds. The van der Waals surface area contributed by atoms with Crippen LogP contribution < -0.4 is 0 Å². The molecule has 0 spiro atoms. The van der Waals surface area contributed by atoms with Gasteiger partial charge in [-0.2, -0.15) is 13.2 Å². The normalized spacial score (nSPS) is 11.8. The number of hydrogen-bond donors (Lipinski definition) is 0. The molecule has 0 heterocycles. The van der Waals surface area contributed by atoms with Crippen molar-refractivity contribution in [1.29, 1.82) is 0 Å². The van der Waals surface area contributed by atoms with Gasteiger partial charge < -0.3 is 0 Å². The van der Waals surface area contributed by atoms with Crippen LogP contribution in [0, 0.1) is 0 Å². The van der Waals surface area contributed by atoms with E-state index in [4.69, 9.17) is 0 Å². The van der Waals surface area contributed by atoms with Gasteiger partial charge in [-0.3, -0.25) is 4.99 Å². The number of halogens is 3. The van der Waals surface area contributed by atoms with Gasteiger partial charge in [-0.1, -0.05) is 12.2 Å². The van der Waals surface area contributed by atoms with Crippen LogP contribution in [0.4, 0.5) is 13.2 Å². The van der Waals surface area contributed by atoms with Crippen molar-refractivity contribution >= 4 is 6.21 Å². The minimum atomic E-state index is -4.42. The van der Waals surface area contributed by atoms with E-state index in [0.717, 1.165) is 11.8 Å². The molecule has 12 heavy (non-hydrogen) atoms. The lowest BCUT2D eigenvalue weighted by Crippen LogP contribution is -2.08. The fourth-order valence-corrected chi connectivity index (χ4v) is 0.350. The first-order chi connectivity index (χ1) is 5.34. The molecule has 0 atom stereocenters. The van der Waals surface area contributed by atoms with E-state index in [2.05, 4.69) is 11.6 Å². The minimum absolute atomic E-state index is 0.883. The predicted octanol–water partition coefficient (Wildman–Crippen LogP) is 3.10. The number of rotatable bonds is 2. The summed E-state index contributed by atoms with van der Waals surface area (Å²) >= 11 is 0. The van der Waals surface area contributed by atoms with Crippen LogP contribution in [0.25, 0.3) is 0 Å². The lowest BCUT2D eigenvalue weighted by atomic mass is 10.3. The SMILES string of the molecule is C=C(N=CC=C(C)C)C(F)(F)F. The first kappa shape index (κ1) is 10.9. The Labute approximate surface area is 69.3 Å². The van der Waals surface area contributed by atoms with E-state index in [1.807, 2.05) is 0 Å². The number of allylic oxidation sites excluding steroid dienone is 3. The van der Waals surface area contributed by atoms with Crippen molar-refractivity contribution in [2.24, 2.45) is 4.99 Å². The lowest BCUT2D eigenvalue weighted by molar-refractivity contribution is -0.0918. The summed E-state index contributed by atoms with van der Waals surface area (Å²) in [6, 6.07) is 0. The molecule has 0 N–H and O–H groups in total. The van der Waals surface area contributed by atoms with Crippen molar-refractivity contribution in [2.45, 2.75) is 20.0 Å². The third kappa shape index (κ3) is 4.71. The molecule has 0 aromatic rings. The summed E-state index contributed by atoms with van der Waals surface area (Å²) in [5.74, 6) is 0. The highest BCUT2D eigenvalue weighted by molar-refractivity contribution is 5.73. The van der Waals surface area contributed by atoms with Crippen LogP contribution in [0.2, 0.25) is 0 Å². The Morgan fingerprint density at radius 1 is 1.33 bits per heavy atom. The van der Waals surface area contributed by atoms with Crippen molar-refractivity contribution in [3.8, 4) is 0 Å². The number of aliphatic imine (C=N–C) groups is 1. The standard InChI is InChI=1S/C8H10F3N/c1-6(2)4-5-12-7(3)8(9,10)11/h4-5H,3H2,1-2H3. The molecule has 0 aromatic carbocycles. The summed E-state index contributed by atoms with van der Waals surface area (Å²) in [5, 5.41) is 0. The van der Waals surface area contributed by atoms with Crippen LogP contribution in [-0.4, -0.2) is 12.4 Å². The quantitative estimate of drug-likeness (QED) is 0.574. The summed E-state index contributed by atoms with van der Waals surface area (Å²) in [4.78, 5) is 3.11. The Balaban J connectivity index is 4.20. The maximum absolute atomic E-state index is 11.7. The molecule has 0 bridgehead atoms. The van der Waals surface area contributed by atoms with Gasteiger partial charge in [0.1, 0.15) is 5.70 Å². The van der Waals surface area contributed by atoms with Crippen molar-refractivity contribution in [3.05, 3.63) is 23.9 Å². The molecule has 68 valence electrons. The third-order valence-electron chi connectivity index (χ3n) is 0.965. The van der Waals surface area contributed by atoms with E-state index in [9.17, 15) is 13.2 Å². The summed E-state index contributed by atoms with van der Waals surface area (Å²) < 4.78 is 35.2. The monoisotopic (exact) mass is 177 g/mol. The van der Waals surface area contributed by atoms with E-state index < -0.39 is 11.9 Å². The van der Waals surface area contributed by atoms with Gasteiger partial charge in [-0.15, -0.1) is 0 Å². The molecular weight excluding hydrogens is 167 g/mol. The highest BCUT2D eigenvalue weighted by atomic mass is 19.4. The lowest BCUT2D eigenvalue weighted by Gasteiger charge is -2.02. The van der Waals surface area contributed by atoms with Crippen LogP contribution in [-0.2, 0) is 0 Å². The average molecular weight is 177 g/mol. The third-order valence-corrected chi connectivity index (χ3v) is 0.965. The van der Waals surface area contributed by atoms with E-state index in [0.29, 0.717) is 0 Å². The highest BCUT2D eigenvalue weighted by Gasteiger charge is 2.31. The second-order valence-electron chi connectivity index (χ2n) is 2.47. The van der Waals surface area contributed by atoms with Crippen molar-refractivity contribution in [3.63, 3.8) is 0 Å². The summed E-state index contributed by atoms with van der Waals surface area (Å²) in [5.41, 5.74) is -0.200. The Morgan fingerprint density at radius 3 is 2.17 bits per heavy atom. The minimum Gasteiger partial charge on any atom is -0.252 e.